The summed E-state index contributed by atoms with van der Waals surface area (Å²) in [6.45, 7) is 2.65. The normalized spacial score (nSPS) is 20.3. The van der Waals surface area contributed by atoms with E-state index in [1.54, 1.807) is 0 Å². The molecule has 5 nitrogen and oxygen atoms in total. The van der Waals surface area contributed by atoms with E-state index in [0.717, 1.165) is 35.5 Å². The van der Waals surface area contributed by atoms with E-state index < -0.39 is 0 Å². The largest absolute Gasteiger partial charge is 0.491 e. The number of para-hydroxylation sites is 1. The third-order valence-electron chi connectivity index (χ3n) is 4.51. The number of fused-ring (bicyclic) bond motifs is 1. The van der Waals surface area contributed by atoms with Crippen molar-refractivity contribution < 1.29 is 23.7 Å². The predicted octanol–water partition coefficient (Wildman–Crippen LogP) is 4.19. The molecule has 5 rings (SSSR count). The zero-order chi connectivity index (χ0) is 18.1. The molecule has 0 N–H and O–H groups in total. The molecule has 2 atom stereocenters. The van der Waals surface area contributed by atoms with Crippen molar-refractivity contribution in [3.63, 3.8) is 0 Å². The van der Waals surface area contributed by atoms with Crippen LogP contribution >= 0.6 is 0 Å². The molecule has 2 aliphatic rings. The molecule has 2 aliphatic heterocycles. The van der Waals surface area contributed by atoms with Crippen LogP contribution < -0.4 is 14.2 Å². The van der Waals surface area contributed by atoms with Gasteiger partial charge in [-0.15, -0.1) is 0 Å². The molecule has 2 fully saturated rings. The Labute approximate surface area is 157 Å². The van der Waals surface area contributed by atoms with Crippen LogP contribution in [0.2, 0.25) is 0 Å². The molecule has 0 spiro atoms. The predicted molar refractivity (Wildman–Crippen MR) is 101 cm³/mol. The lowest BCUT2D eigenvalue weighted by Gasteiger charge is -2.14. The zero-order valence-electron chi connectivity index (χ0n) is 14.8. The van der Waals surface area contributed by atoms with Crippen LogP contribution in [0, 0.1) is 0 Å². The summed E-state index contributed by atoms with van der Waals surface area (Å²) < 4.78 is 28.3. The lowest BCUT2D eigenvalue weighted by atomic mass is 10.1. The third kappa shape index (κ3) is 4.15. The Hall–Kier alpha value is -2.76. The summed E-state index contributed by atoms with van der Waals surface area (Å²) in [5.74, 6) is 2.99. The number of hydrogen-bond donors (Lipinski definition) is 0. The first-order valence-electron chi connectivity index (χ1n) is 9.13. The fourth-order valence-electron chi connectivity index (χ4n) is 2.83. The first kappa shape index (κ1) is 16.4. The Morgan fingerprint density at radius 3 is 2.15 bits per heavy atom. The highest BCUT2D eigenvalue weighted by molar-refractivity contribution is 5.87. The molecule has 2 saturated heterocycles. The zero-order valence-corrected chi connectivity index (χ0v) is 14.8. The SMILES string of the molecule is c1ccc(Oc2cc3ccc(OCC4CO4)cc3cc2OCC2CO2)cc1. The fourth-order valence-corrected chi connectivity index (χ4v) is 2.83. The van der Waals surface area contributed by atoms with Crippen molar-refractivity contribution in [3.05, 3.63) is 60.7 Å². The number of hydrogen-bond acceptors (Lipinski definition) is 5. The maximum absolute atomic E-state index is 6.07. The van der Waals surface area contributed by atoms with E-state index in [4.69, 9.17) is 23.7 Å². The molecule has 3 aromatic rings. The van der Waals surface area contributed by atoms with Gasteiger partial charge in [0.1, 0.15) is 36.9 Å². The highest BCUT2D eigenvalue weighted by Crippen LogP contribution is 2.37. The van der Waals surface area contributed by atoms with Gasteiger partial charge in [0.15, 0.2) is 11.5 Å². The van der Waals surface area contributed by atoms with E-state index in [1.807, 2.05) is 60.7 Å². The van der Waals surface area contributed by atoms with Crippen LogP contribution in [0.5, 0.6) is 23.0 Å². The second-order valence-corrected chi connectivity index (χ2v) is 6.76. The van der Waals surface area contributed by atoms with Crippen LogP contribution in [-0.4, -0.2) is 38.6 Å². The summed E-state index contributed by atoms with van der Waals surface area (Å²) in [5.41, 5.74) is 0. The van der Waals surface area contributed by atoms with Crippen LogP contribution in [0.15, 0.2) is 60.7 Å². The van der Waals surface area contributed by atoms with E-state index in [1.165, 1.54) is 0 Å². The summed E-state index contributed by atoms with van der Waals surface area (Å²) >= 11 is 0. The maximum atomic E-state index is 6.07. The highest BCUT2D eigenvalue weighted by Gasteiger charge is 2.24. The molecule has 27 heavy (non-hydrogen) atoms. The van der Waals surface area contributed by atoms with Crippen LogP contribution in [0.4, 0.5) is 0 Å². The van der Waals surface area contributed by atoms with Gasteiger partial charge in [0.05, 0.1) is 13.2 Å². The number of benzene rings is 3. The van der Waals surface area contributed by atoms with Gasteiger partial charge < -0.3 is 23.7 Å². The summed E-state index contributed by atoms with van der Waals surface area (Å²) in [7, 11) is 0. The maximum Gasteiger partial charge on any atom is 0.169 e. The van der Waals surface area contributed by atoms with Crippen molar-refractivity contribution >= 4 is 10.8 Å². The molecule has 5 heteroatoms. The molecule has 0 bridgehead atoms. The van der Waals surface area contributed by atoms with Gasteiger partial charge in [0.25, 0.3) is 0 Å². The van der Waals surface area contributed by atoms with Crippen LogP contribution in [0.25, 0.3) is 10.8 Å². The summed E-state index contributed by atoms with van der Waals surface area (Å²) in [4.78, 5) is 0. The Morgan fingerprint density at radius 2 is 1.41 bits per heavy atom. The third-order valence-corrected chi connectivity index (χ3v) is 4.51. The minimum atomic E-state index is 0.179. The van der Waals surface area contributed by atoms with Crippen LogP contribution in [-0.2, 0) is 9.47 Å². The molecule has 2 unspecified atom stereocenters. The van der Waals surface area contributed by atoms with Gasteiger partial charge in [0.2, 0.25) is 0 Å². The van der Waals surface area contributed by atoms with E-state index in [2.05, 4.69) is 0 Å². The molecular weight excluding hydrogens is 344 g/mol. The van der Waals surface area contributed by atoms with E-state index in [0.29, 0.717) is 24.7 Å². The molecule has 3 aromatic carbocycles. The minimum Gasteiger partial charge on any atom is -0.491 e. The van der Waals surface area contributed by atoms with Crippen molar-refractivity contribution in [2.24, 2.45) is 0 Å². The molecule has 138 valence electrons. The molecule has 0 saturated carbocycles. The quantitative estimate of drug-likeness (QED) is 0.561. The number of ether oxygens (including phenoxy) is 5. The first-order valence-corrected chi connectivity index (χ1v) is 9.13. The van der Waals surface area contributed by atoms with Gasteiger partial charge in [-0.3, -0.25) is 0 Å². The Balaban J connectivity index is 1.44. The molecule has 0 radical (unpaired) electrons. The van der Waals surface area contributed by atoms with Gasteiger partial charge in [0, 0.05) is 0 Å². The molecular formula is C22H20O5. The van der Waals surface area contributed by atoms with Gasteiger partial charge in [-0.2, -0.15) is 0 Å². The lowest BCUT2D eigenvalue weighted by Crippen LogP contribution is -2.05. The Morgan fingerprint density at radius 1 is 0.704 bits per heavy atom. The van der Waals surface area contributed by atoms with E-state index >= 15 is 0 Å². The second-order valence-electron chi connectivity index (χ2n) is 6.76. The molecule has 0 aromatic heterocycles. The van der Waals surface area contributed by atoms with Crippen molar-refractivity contribution in [1.82, 2.24) is 0 Å². The smallest absolute Gasteiger partial charge is 0.169 e. The summed E-state index contributed by atoms with van der Waals surface area (Å²) in [6.07, 6.45) is 0.415. The van der Waals surface area contributed by atoms with Gasteiger partial charge in [-0.05, 0) is 47.2 Å². The first-order chi connectivity index (χ1) is 13.3. The van der Waals surface area contributed by atoms with Crippen molar-refractivity contribution in [2.75, 3.05) is 26.4 Å². The van der Waals surface area contributed by atoms with Crippen LogP contribution in [0.1, 0.15) is 0 Å². The van der Waals surface area contributed by atoms with Gasteiger partial charge >= 0.3 is 0 Å². The standard InChI is InChI=1S/C22H20O5/c1-2-4-17(5-3-1)27-22-9-15-6-7-18(23-11-19-12-24-19)8-16(15)10-21(22)26-14-20-13-25-20/h1-10,19-20H,11-14H2. The fraction of sp³-hybridized carbons (Fsp3) is 0.273. The van der Waals surface area contributed by atoms with Gasteiger partial charge in [-0.1, -0.05) is 24.3 Å². The molecule has 2 heterocycles. The van der Waals surface area contributed by atoms with Crippen molar-refractivity contribution in [1.29, 1.82) is 0 Å². The second kappa shape index (κ2) is 7.10. The average Bonchev–Trinajstić information content (AvgIpc) is 3.61. The van der Waals surface area contributed by atoms with Gasteiger partial charge in [-0.25, -0.2) is 0 Å². The number of rotatable bonds is 8. The number of epoxide rings is 2. The minimum absolute atomic E-state index is 0.179. The topological polar surface area (TPSA) is 52.8 Å². The molecule has 0 amide bonds. The summed E-state index contributed by atoms with van der Waals surface area (Å²) in [5, 5.41) is 2.10. The van der Waals surface area contributed by atoms with E-state index in [-0.39, 0.29) is 12.2 Å². The summed E-state index contributed by atoms with van der Waals surface area (Å²) in [6, 6.07) is 19.7. The highest BCUT2D eigenvalue weighted by atomic mass is 16.6. The lowest BCUT2D eigenvalue weighted by molar-refractivity contribution is 0.255. The Kier molecular flexibility index (Phi) is 4.32. The van der Waals surface area contributed by atoms with Crippen molar-refractivity contribution in [2.45, 2.75) is 12.2 Å². The van der Waals surface area contributed by atoms with Crippen LogP contribution in [0.3, 0.4) is 0 Å². The average molecular weight is 364 g/mol. The molecule has 0 aliphatic carbocycles. The van der Waals surface area contributed by atoms with E-state index in [9.17, 15) is 0 Å². The monoisotopic (exact) mass is 364 g/mol. The Bertz CT molecular complexity index is 932. The van der Waals surface area contributed by atoms with Crippen molar-refractivity contribution in [3.8, 4) is 23.0 Å².